The number of hydrogen-bond donors (Lipinski definition) is 0. The molecule has 0 spiro atoms. The van der Waals surface area contributed by atoms with Gasteiger partial charge in [0.2, 0.25) is 0 Å². The van der Waals surface area contributed by atoms with Crippen molar-refractivity contribution in [3.63, 3.8) is 0 Å². The molecule has 0 fully saturated rings. The van der Waals surface area contributed by atoms with Gasteiger partial charge < -0.3 is 4.57 Å². The zero-order valence-electron chi connectivity index (χ0n) is 16.7. The Morgan fingerprint density at radius 3 is 2.44 bits per heavy atom. The Balaban J connectivity index is 1.83. The van der Waals surface area contributed by atoms with Crippen LogP contribution in [-0.2, 0) is 6.54 Å². The van der Waals surface area contributed by atoms with Gasteiger partial charge in [0.1, 0.15) is 12.1 Å². The Bertz CT molecular complexity index is 1400. The van der Waals surface area contributed by atoms with E-state index >= 15 is 0 Å². The van der Waals surface area contributed by atoms with E-state index in [1.807, 2.05) is 10.8 Å². The van der Waals surface area contributed by atoms with Crippen molar-refractivity contribution < 1.29 is 14.1 Å². The van der Waals surface area contributed by atoms with Crippen molar-refractivity contribution in [2.24, 2.45) is 0 Å². The number of halogens is 1. The van der Waals surface area contributed by atoms with Crippen LogP contribution in [0.5, 0.6) is 0 Å². The van der Waals surface area contributed by atoms with Gasteiger partial charge in [-0.15, -0.1) is 0 Å². The Hall–Kier alpha value is -4.57. The minimum atomic E-state index is -0.459. The number of aromatic nitrogens is 1. The van der Waals surface area contributed by atoms with Crippen molar-refractivity contribution in [1.29, 1.82) is 5.26 Å². The van der Waals surface area contributed by atoms with Gasteiger partial charge in [-0.25, -0.2) is 4.39 Å². The highest BCUT2D eigenvalue weighted by molar-refractivity contribution is 5.98. The van der Waals surface area contributed by atoms with Crippen LogP contribution in [0.25, 0.3) is 22.6 Å². The van der Waals surface area contributed by atoms with Crippen molar-refractivity contribution >= 4 is 34.5 Å². The van der Waals surface area contributed by atoms with Crippen LogP contribution in [0.3, 0.4) is 0 Å². The summed E-state index contributed by atoms with van der Waals surface area (Å²) in [7, 11) is 0. The summed E-state index contributed by atoms with van der Waals surface area (Å²) < 4.78 is 15.1. The van der Waals surface area contributed by atoms with Gasteiger partial charge in [-0.1, -0.05) is 36.4 Å². The van der Waals surface area contributed by atoms with Crippen molar-refractivity contribution in [3.05, 3.63) is 111 Å². The molecule has 0 aliphatic carbocycles. The maximum absolute atomic E-state index is 13.3. The minimum absolute atomic E-state index is 0.0450. The van der Waals surface area contributed by atoms with Crippen molar-refractivity contribution in [2.45, 2.75) is 6.54 Å². The molecule has 0 atom stereocenters. The Morgan fingerprint density at radius 1 is 1.09 bits per heavy atom. The first-order valence-corrected chi connectivity index (χ1v) is 9.67. The highest BCUT2D eigenvalue weighted by atomic mass is 19.1. The number of nitro groups is 1. The smallest absolute Gasteiger partial charge is 0.271 e. The number of fused-ring (bicyclic) bond motifs is 1. The lowest BCUT2D eigenvalue weighted by Gasteiger charge is -2.05. The molecule has 0 amide bonds. The van der Waals surface area contributed by atoms with E-state index < -0.39 is 4.92 Å². The molecule has 7 heteroatoms. The number of carbonyl (C=O) groups excluding carboxylic acids is 1. The van der Waals surface area contributed by atoms with Crippen molar-refractivity contribution in [1.82, 2.24) is 4.57 Å². The highest BCUT2D eigenvalue weighted by Gasteiger charge is 2.14. The summed E-state index contributed by atoms with van der Waals surface area (Å²) in [5.74, 6) is -0.343. The molecule has 4 rings (SSSR count). The molecule has 3 aromatic carbocycles. The first-order valence-electron chi connectivity index (χ1n) is 9.67. The van der Waals surface area contributed by atoms with E-state index in [0.717, 1.165) is 17.2 Å². The molecule has 32 heavy (non-hydrogen) atoms. The summed E-state index contributed by atoms with van der Waals surface area (Å²) in [5, 5.41) is 21.7. The second-order valence-electron chi connectivity index (χ2n) is 7.21. The molecule has 156 valence electrons. The molecule has 0 bridgehead atoms. The van der Waals surface area contributed by atoms with Gasteiger partial charge >= 0.3 is 0 Å². The highest BCUT2D eigenvalue weighted by Crippen LogP contribution is 2.30. The summed E-state index contributed by atoms with van der Waals surface area (Å²) in [5.41, 5.74) is 3.68. The van der Waals surface area contributed by atoms with Gasteiger partial charge in [0, 0.05) is 41.4 Å². The standard InChI is InChI=1S/C25H16FN3O3/c26-22-7-3-17(4-8-22)14-28-15-21(24-10-9-23(29(31)32)12-25(24)28)11-20(13-27)19-5-1-18(16-30)2-6-19/h1-12,15-16H,14H2/b20-11+. The largest absolute Gasteiger partial charge is 0.342 e. The summed E-state index contributed by atoms with van der Waals surface area (Å²) in [6.45, 7) is 0.377. The lowest BCUT2D eigenvalue weighted by atomic mass is 10.0. The molecule has 0 aliphatic heterocycles. The fraction of sp³-hybridized carbons (Fsp3) is 0.0400. The van der Waals surface area contributed by atoms with E-state index in [9.17, 15) is 24.6 Å². The molecule has 1 aromatic heterocycles. The first-order chi connectivity index (χ1) is 15.5. The Morgan fingerprint density at radius 2 is 1.81 bits per heavy atom. The van der Waals surface area contributed by atoms with E-state index in [2.05, 4.69) is 6.07 Å². The van der Waals surface area contributed by atoms with Crippen LogP contribution >= 0.6 is 0 Å². The van der Waals surface area contributed by atoms with E-state index in [1.165, 1.54) is 24.3 Å². The fourth-order valence-corrected chi connectivity index (χ4v) is 3.53. The van der Waals surface area contributed by atoms with Crippen LogP contribution in [0.2, 0.25) is 0 Å². The predicted octanol–water partition coefficient (Wildman–Crippen LogP) is 5.61. The number of carbonyl (C=O) groups is 1. The monoisotopic (exact) mass is 425 g/mol. The van der Waals surface area contributed by atoms with Gasteiger partial charge in [-0.2, -0.15) is 5.26 Å². The Kier molecular flexibility index (Phi) is 5.60. The number of non-ortho nitro benzene ring substituents is 1. The number of nitrogens with zero attached hydrogens (tertiary/aromatic N) is 3. The molecule has 0 aliphatic rings. The summed E-state index contributed by atoms with van der Waals surface area (Å²) in [6, 6.07) is 19.4. The van der Waals surface area contributed by atoms with Crippen molar-refractivity contribution in [3.8, 4) is 6.07 Å². The molecule has 0 unspecified atom stereocenters. The third-order valence-corrected chi connectivity index (χ3v) is 5.15. The summed E-state index contributed by atoms with van der Waals surface area (Å²) in [4.78, 5) is 21.7. The maximum Gasteiger partial charge on any atom is 0.271 e. The number of hydrogen-bond acceptors (Lipinski definition) is 4. The number of aldehydes is 1. The van der Waals surface area contributed by atoms with Gasteiger partial charge in [0.15, 0.2) is 0 Å². The van der Waals surface area contributed by atoms with Gasteiger partial charge in [0.05, 0.1) is 22.1 Å². The normalized spacial score (nSPS) is 11.3. The summed E-state index contributed by atoms with van der Waals surface area (Å²) >= 11 is 0. The third kappa shape index (κ3) is 4.16. The molecule has 0 N–H and O–H groups in total. The topological polar surface area (TPSA) is 88.9 Å². The van der Waals surface area contributed by atoms with Gasteiger partial charge in [-0.3, -0.25) is 14.9 Å². The number of benzene rings is 3. The molecular formula is C25H16FN3O3. The molecule has 0 saturated heterocycles. The zero-order valence-corrected chi connectivity index (χ0v) is 16.7. The van der Waals surface area contributed by atoms with E-state index in [1.54, 1.807) is 48.5 Å². The van der Waals surface area contributed by atoms with E-state index in [-0.39, 0.29) is 11.5 Å². The number of allylic oxidation sites excluding steroid dienone is 1. The molecule has 6 nitrogen and oxygen atoms in total. The predicted molar refractivity (Wildman–Crippen MR) is 119 cm³/mol. The third-order valence-electron chi connectivity index (χ3n) is 5.15. The number of nitriles is 1. The fourth-order valence-electron chi connectivity index (χ4n) is 3.53. The number of rotatable bonds is 6. The second kappa shape index (κ2) is 8.66. The second-order valence-corrected chi connectivity index (χ2v) is 7.21. The van der Waals surface area contributed by atoms with Crippen LogP contribution in [0, 0.1) is 27.3 Å². The lowest BCUT2D eigenvalue weighted by Crippen LogP contribution is -1.98. The lowest BCUT2D eigenvalue weighted by molar-refractivity contribution is -0.384. The average Bonchev–Trinajstić information content (AvgIpc) is 3.15. The first kappa shape index (κ1) is 20.7. The molecule has 4 aromatic rings. The van der Waals surface area contributed by atoms with Crippen LogP contribution in [0.1, 0.15) is 27.0 Å². The van der Waals surface area contributed by atoms with Crippen LogP contribution in [0.4, 0.5) is 10.1 Å². The molecular weight excluding hydrogens is 409 g/mol. The zero-order chi connectivity index (χ0) is 22.7. The molecule has 0 radical (unpaired) electrons. The average molecular weight is 425 g/mol. The van der Waals surface area contributed by atoms with Crippen molar-refractivity contribution in [2.75, 3.05) is 0 Å². The van der Waals surface area contributed by atoms with Gasteiger partial charge in [0.25, 0.3) is 5.69 Å². The van der Waals surface area contributed by atoms with Crippen LogP contribution < -0.4 is 0 Å². The van der Waals surface area contributed by atoms with Gasteiger partial charge in [-0.05, 0) is 35.4 Å². The number of nitro benzene ring substituents is 1. The van der Waals surface area contributed by atoms with Crippen LogP contribution in [0.15, 0.2) is 72.9 Å². The quantitative estimate of drug-likeness (QED) is 0.174. The SMILES string of the molecule is N#C/C(=C\c1cn(Cc2ccc(F)cc2)c2cc([N+](=O)[O-])ccc12)c1ccc(C=O)cc1. The molecule has 0 saturated carbocycles. The van der Waals surface area contributed by atoms with E-state index in [4.69, 9.17) is 0 Å². The molecule has 1 heterocycles. The summed E-state index contributed by atoms with van der Waals surface area (Å²) in [6.07, 6.45) is 4.26. The Labute approximate surface area is 182 Å². The van der Waals surface area contributed by atoms with Crippen LogP contribution in [-0.4, -0.2) is 15.8 Å². The van der Waals surface area contributed by atoms with E-state index in [0.29, 0.717) is 34.3 Å². The maximum atomic E-state index is 13.3. The minimum Gasteiger partial charge on any atom is -0.342 e.